The van der Waals surface area contributed by atoms with Crippen LogP contribution in [0.2, 0.25) is 0 Å². The van der Waals surface area contributed by atoms with Gasteiger partial charge in [0.05, 0.1) is 18.1 Å². The molecule has 7 heteroatoms. The highest BCUT2D eigenvalue weighted by atomic mass is 16.5. The first-order chi connectivity index (χ1) is 13.2. The molecule has 0 saturated carbocycles. The van der Waals surface area contributed by atoms with Crippen LogP contribution < -0.4 is 10.3 Å². The monoisotopic (exact) mass is 361 g/mol. The SMILES string of the molecule is COc1ccc(C(=O)OCn2nnc3ccccc3c2=O)c2ccccc12. The van der Waals surface area contributed by atoms with Gasteiger partial charge in [-0.05, 0) is 29.7 Å². The predicted octanol–water partition coefficient (Wildman–Crippen LogP) is 2.77. The van der Waals surface area contributed by atoms with Gasteiger partial charge < -0.3 is 9.47 Å². The van der Waals surface area contributed by atoms with Crippen LogP contribution in [0.1, 0.15) is 10.4 Å². The van der Waals surface area contributed by atoms with Gasteiger partial charge in [-0.1, -0.05) is 41.6 Å². The second kappa shape index (κ2) is 6.87. The molecule has 7 nitrogen and oxygen atoms in total. The third-order valence-corrected chi connectivity index (χ3v) is 4.27. The third-order valence-electron chi connectivity index (χ3n) is 4.27. The number of ether oxygens (including phenoxy) is 2. The molecule has 4 aromatic rings. The number of nitrogens with zero attached hydrogens (tertiary/aromatic N) is 3. The molecule has 0 fully saturated rings. The van der Waals surface area contributed by atoms with Crippen molar-refractivity contribution in [2.24, 2.45) is 0 Å². The van der Waals surface area contributed by atoms with Crippen molar-refractivity contribution < 1.29 is 14.3 Å². The minimum absolute atomic E-state index is 0.324. The van der Waals surface area contributed by atoms with Crippen LogP contribution in [-0.4, -0.2) is 28.1 Å². The van der Waals surface area contributed by atoms with Gasteiger partial charge in [-0.3, -0.25) is 4.79 Å². The van der Waals surface area contributed by atoms with E-state index in [0.29, 0.717) is 27.6 Å². The lowest BCUT2D eigenvalue weighted by Crippen LogP contribution is -2.26. The second-order valence-electron chi connectivity index (χ2n) is 5.83. The quantitative estimate of drug-likeness (QED) is 0.520. The van der Waals surface area contributed by atoms with Crippen molar-refractivity contribution in [1.29, 1.82) is 0 Å². The molecular formula is C20H15N3O4. The van der Waals surface area contributed by atoms with E-state index in [2.05, 4.69) is 10.3 Å². The largest absolute Gasteiger partial charge is 0.496 e. The van der Waals surface area contributed by atoms with Crippen LogP contribution >= 0.6 is 0 Å². The van der Waals surface area contributed by atoms with Gasteiger partial charge in [0.25, 0.3) is 5.56 Å². The van der Waals surface area contributed by atoms with E-state index in [1.165, 1.54) is 0 Å². The normalized spacial score (nSPS) is 10.9. The molecular weight excluding hydrogens is 346 g/mol. The fourth-order valence-corrected chi connectivity index (χ4v) is 2.93. The van der Waals surface area contributed by atoms with Gasteiger partial charge >= 0.3 is 5.97 Å². The number of hydrogen-bond acceptors (Lipinski definition) is 6. The van der Waals surface area contributed by atoms with Gasteiger partial charge in [0.15, 0.2) is 6.73 Å². The summed E-state index contributed by atoms with van der Waals surface area (Å²) in [4.78, 5) is 25.0. The maximum absolute atomic E-state index is 12.6. The molecule has 1 heterocycles. The minimum atomic E-state index is -0.560. The summed E-state index contributed by atoms with van der Waals surface area (Å²) in [5.74, 6) is 0.106. The van der Waals surface area contributed by atoms with E-state index in [1.807, 2.05) is 24.3 Å². The molecule has 3 aromatic carbocycles. The first kappa shape index (κ1) is 16.7. The smallest absolute Gasteiger partial charge is 0.340 e. The number of benzene rings is 3. The number of carbonyl (C=O) groups excluding carboxylic acids is 1. The lowest BCUT2D eigenvalue weighted by molar-refractivity contribution is 0.0338. The van der Waals surface area contributed by atoms with Crippen molar-refractivity contribution >= 4 is 27.6 Å². The first-order valence-corrected chi connectivity index (χ1v) is 8.24. The van der Waals surface area contributed by atoms with E-state index in [-0.39, 0.29) is 12.3 Å². The summed E-state index contributed by atoms with van der Waals surface area (Å²) >= 11 is 0. The van der Waals surface area contributed by atoms with Gasteiger partial charge in [0.1, 0.15) is 11.3 Å². The van der Waals surface area contributed by atoms with E-state index < -0.39 is 5.97 Å². The van der Waals surface area contributed by atoms with E-state index in [0.717, 1.165) is 10.1 Å². The Morgan fingerprint density at radius 2 is 1.67 bits per heavy atom. The number of fused-ring (bicyclic) bond motifs is 2. The van der Waals surface area contributed by atoms with Crippen LogP contribution in [0.25, 0.3) is 21.7 Å². The molecule has 0 aliphatic heterocycles. The van der Waals surface area contributed by atoms with Gasteiger partial charge in [-0.2, -0.15) is 4.68 Å². The number of carbonyl (C=O) groups is 1. The lowest BCUT2D eigenvalue weighted by atomic mass is 10.0. The summed E-state index contributed by atoms with van der Waals surface area (Å²) in [5, 5.41) is 9.71. The molecule has 27 heavy (non-hydrogen) atoms. The highest BCUT2D eigenvalue weighted by Gasteiger charge is 2.15. The predicted molar refractivity (Wildman–Crippen MR) is 99.7 cm³/mol. The molecule has 0 spiro atoms. The summed E-state index contributed by atoms with van der Waals surface area (Å²) in [6.07, 6.45) is 0. The standard InChI is InChI=1S/C20H15N3O4/c1-26-18-11-10-15(13-6-2-3-7-14(13)18)20(25)27-12-23-19(24)16-8-4-5-9-17(16)21-22-23/h2-11H,12H2,1H3. The summed E-state index contributed by atoms with van der Waals surface area (Å²) in [7, 11) is 1.57. The Hall–Kier alpha value is -3.74. The highest BCUT2D eigenvalue weighted by molar-refractivity contribution is 6.06. The van der Waals surface area contributed by atoms with Crippen molar-refractivity contribution in [3.8, 4) is 5.75 Å². The van der Waals surface area contributed by atoms with E-state index in [9.17, 15) is 9.59 Å². The lowest BCUT2D eigenvalue weighted by Gasteiger charge is -2.11. The van der Waals surface area contributed by atoms with Crippen LogP contribution in [-0.2, 0) is 11.5 Å². The van der Waals surface area contributed by atoms with Crippen molar-refractivity contribution in [3.05, 3.63) is 76.6 Å². The van der Waals surface area contributed by atoms with Crippen molar-refractivity contribution in [3.63, 3.8) is 0 Å². The summed E-state index contributed by atoms with van der Waals surface area (Å²) in [5.41, 5.74) is 0.507. The fraction of sp³-hybridized carbons (Fsp3) is 0.100. The molecule has 0 aliphatic carbocycles. The number of aromatic nitrogens is 3. The van der Waals surface area contributed by atoms with Crippen LogP contribution in [0.3, 0.4) is 0 Å². The summed E-state index contributed by atoms with van der Waals surface area (Å²) < 4.78 is 11.7. The number of methoxy groups -OCH3 is 1. The van der Waals surface area contributed by atoms with E-state index in [4.69, 9.17) is 9.47 Å². The van der Waals surface area contributed by atoms with Gasteiger partial charge in [-0.25, -0.2) is 4.79 Å². The van der Waals surface area contributed by atoms with Crippen molar-refractivity contribution in [1.82, 2.24) is 15.0 Å². The second-order valence-corrected chi connectivity index (χ2v) is 5.83. The maximum atomic E-state index is 12.6. The molecule has 0 unspecified atom stereocenters. The molecule has 0 atom stereocenters. The van der Waals surface area contributed by atoms with Crippen LogP contribution in [0.4, 0.5) is 0 Å². The van der Waals surface area contributed by atoms with Gasteiger partial charge in [0, 0.05) is 5.39 Å². The first-order valence-electron chi connectivity index (χ1n) is 8.24. The summed E-state index contributed by atoms with van der Waals surface area (Å²) in [6.45, 7) is -0.324. The molecule has 1 aromatic heterocycles. The molecule has 0 amide bonds. The van der Waals surface area contributed by atoms with Crippen LogP contribution in [0.15, 0.2) is 65.5 Å². The third kappa shape index (κ3) is 2.99. The molecule has 4 rings (SSSR count). The van der Waals surface area contributed by atoms with Crippen LogP contribution in [0, 0.1) is 0 Å². The van der Waals surface area contributed by atoms with Crippen molar-refractivity contribution in [2.75, 3.05) is 7.11 Å². The maximum Gasteiger partial charge on any atom is 0.340 e. The Morgan fingerprint density at radius 1 is 0.963 bits per heavy atom. The zero-order valence-electron chi connectivity index (χ0n) is 14.5. The van der Waals surface area contributed by atoms with Crippen LogP contribution in [0.5, 0.6) is 5.75 Å². The zero-order chi connectivity index (χ0) is 18.8. The number of esters is 1. The topological polar surface area (TPSA) is 83.3 Å². The average molecular weight is 361 g/mol. The zero-order valence-corrected chi connectivity index (χ0v) is 14.5. The minimum Gasteiger partial charge on any atom is -0.496 e. The number of rotatable bonds is 4. The number of hydrogen-bond donors (Lipinski definition) is 0. The fourth-order valence-electron chi connectivity index (χ4n) is 2.93. The molecule has 0 bridgehead atoms. The summed E-state index contributed by atoms with van der Waals surface area (Å²) in [6, 6.07) is 17.6. The molecule has 134 valence electrons. The Morgan fingerprint density at radius 3 is 2.44 bits per heavy atom. The van der Waals surface area contributed by atoms with Gasteiger partial charge in [0.2, 0.25) is 0 Å². The molecule has 0 N–H and O–H groups in total. The Balaban J connectivity index is 1.63. The molecule has 0 aliphatic rings. The molecule has 0 saturated heterocycles. The Labute approximate surface area is 153 Å². The Bertz CT molecular complexity index is 1220. The average Bonchev–Trinajstić information content (AvgIpc) is 2.72. The molecule has 0 radical (unpaired) electrons. The van der Waals surface area contributed by atoms with Gasteiger partial charge in [-0.15, -0.1) is 5.10 Å². The highest BCUT2D eigenvalue weighted by Crippen LogP contribution is 2.28. The van der Waals surface area contributed by atoms with E-state index >= 15 is 0 Å². The van der Waals surface area contributed by atoms with E-state index in [1.54, 1.807) is 43.5 Å². The van der Waals surface area contributed by atoms with Crippen molar-refractivity contribution in [2.45, 2.75) is 6.73 Å². The Kier molecular flexibility index (Phi) is 4.25.